The van der Waals surface area contributed by atoms with Gasteiger partial charge in [0.2, 0.25) is 0 Å². The first-order valence-electron chi connectivity index (χ1n) is 8.79. The third-order valence-corrected chi connectivity index (χ3v) is 4.82. The Balaban J connectivity index is 2.05. The number of hydrogen-bond acceptors (Lipinski definition) is 1. The number of nitrogens with one attached hydrogen (secondary N) is 1. The Kier molecular flexibility index (Phi) is 5.87. The van der Waals surface area contributed by atoms with Crippen molar-refractivity contribution in [3.05, 3.63) is 35.9 Å². The van der Waals surface area contributed by atoms with E-state index in [1.807, 2.05) is 0 Å². The van der Waals surface area contributed by atoms with Gasteiger partial charge in [-0.3, -0.25) is 0 Å². The van der Waals surface area contributed by atoms with Crippen LogP contribution in [-0.4, -0.2) is 6.04 Å². The van der Waals surface area contributed by atoms with Crippen LogP contribution in [0, 0.1) is 11.3 Å². The normalized spacial score (nSPS) is 24.8. The zero-order valence-corrected chi connectivity index (χ0v) is 14.4. The topological polar surface area (TPSA) is 12.0 Å². The van der Waals surface area contributed by atoms with Crippen LogP contribution in [0.5, 0.6) is 0 Å². The fourth-order valence-corrected chi connectivity index (χ4v) is 3.67. The van der Waals surface area contributed by atoms with E-state index in [0.29, 0.717) is 17.5 Å². The molecule has 0 aromatic heterocycles. The van der Waals surface area contributed by atoms with E-state index < -0.39 is 0 Å². The maximum absolute atomic E-state index is 3.99. The molecule has 2 rings (SSSR count). The van der Waals surface area contributed by atoms with Gasteiger partial charge in [-0.1, -0.05) is 77.3 Å². The number of benzene rings is 1. The summed E-state index contributed by atoms with van der Waals surface area (Å²) in [4.78, 5) is 0. The molecule has 1 heteroatoms. The molecule has 0 heterocycles. The van der Waals surface area contributed by atoms with E-state index in [1.165, 1.54) is 44.1 Å². The highest BCUT2D eigenvalue weighted by atomic mass is 15.0. The summed E-state index contributed by atoms with van der Waals surface area (Å²) in [6, 6.07) is 12.2. The van der Waals surface area contributed by atoms with E-state index >= 15 is 0 Å². The second-order valence-electron chi connectivity index (χ2n) is 8.03. The lowest BCUT2D eigenvalue weighted by atomic mass is 9.81. The molecule has 3 atom stereocenters. The van der Waals surface area contributed by atoms with Gasteiger partial charge in [-0.15, -0.1) is 0 Å². The lowest BCUT2D eigenvalue weighted by molar-refractivity contribution is 0.232. The molecule has 21 heavy (non-hydrogen) atoms. The maximum atomic E-state index is 3.99. The van der Waals surface area contributed by atoms with Gasteiger partial charge in [0.1, 0.15) is 0 Å². The summed E-state index contributed by atoms with van der Waals surface area (Å²) in [7, 11) is 0. The molecule has 1 aromatic carbocycles. The molecule has 3 unspecified atom stereocenters. The Morgan fingerprint density at radius 2 is 1.86 bits per heavy atom. The zero-order valence-electron chi connectivity index (χ0n) is 14.4. The predicted molar refractivity (Wildman–Crippen MR) is 92.4 cm³/mol. The van der Waals surface area contributed by atoms with Crippen molar-refractivity contribution in [3.63, 3.8) is 0 Å². The first-order valence-corrected chi connectivity index (χ1v) is 8.79. The smallest absolute Gasteiger partial charge is 0.0327 e. The van der Waals surface area contributed by atoms with Crippen molar-refractivity contribution in [2.75, 3.05) is 0 Å². The Morgan fingerprint density at radius 1 is 1.14 bits per heavy atom. The molecule has 1 saturated carbocycles. The molecule has 0 radical (unpaired) electrons. The largest absolute Gasteiger partial charge is 0.307 e. The highest BCUT2D eigenvalue weighted by Crippen LogP contribution is 2.33. The Morgan fingerprint density at radius 3 is 2.48 bits per heavy atom. The second-order valence-corrected chi connectivity index (χ2v) is 8.03. The number of hydrogen-bond donors (Lipinski definition) is 1. The van der Waals surface area contributed by atoms with Crippen molar-refractivity contribution >= 4 is 0 Å². The molecule has 0 amide bonds. The van der Waals surface area contributed by atoms with Crippen LogP contribution in [0.25, 0.3) is 0 Å². The summed E-state index contributed by atoms with van der Waals surface area (Å²) in [5, 5.41) is 3.99. The van der Waals surface area contributed by atoms with Crippen LogP contribution >= 0.6 is 0 Å². The maximum Gasteiger partial charge on any atom is 0.0327 e. The summed E-state index contributed by atoms with van der Waals surface area (Å²) in [6.45, 7) is 9.39. The third-order valence-electron chi connectivity index (χ3n) is 4.82. The van der Waals surface area contributed by atoms with Crippen molar-refractivity contribution in [1.82, 2.24) is 5.32 Å². The standard InChI is InChI=1S/C20H33N/c1-5-16-10-9-13-18(14-16)21-19(15-20(2,3)4)17-11-7-6-8-12-17/h6-8,11-12,16,18-19,21H,5,9-10,13-15H2,1-4H3. The van der Waals surface area contributed by atoms with Gasteiger partial charge >= 0.3 is 0 Å². The summed E-state index contributed by atoms with van der Waals surface area (Å²) >= 11 is 0. The van der Waals surface area contributed by atoms with Gasteiger partial charge in [-0.25, -0.2) is 0 Å². The lowest BCUT2D eigenvalue weighted by Crippen LogP contribution is -2.38. The Hall–Kier alpha value is -0.820. The van der Waals surface area contributed by atoms with Gasteiger partial charge in [0.05, 0.1) is 0 Å². The molecule has 1 aliphatic rings. The quantitative estimate of drug-likeness (QED) is 0.730. The second kappa shape index (κ2) is 7.45. The summed E-state index contributed by atoms with van der Waals surface area (Å²) in [5.74, 6) is 0.933. The van der Waals surface area contributed by atoms with Crippen molar-refractivity contribution in [3.8, 4) is 0 Å². The minimum Gasteiger partial charge on any atom is -0.307 e. The average molecular weight is 287 g/mol. The van der Waals surface area contributed by atoms with Crippen molar-refractivity contribution < 1.29 is 0 Å². The van der Waals surface area contributed by atoms with Crippen molar-refractivity contribution in [1.29, 1.82) is 0 Å². The van der Waals surface area contributed by atoms with Gasteiger partial charge in [0.15, 0.2) is 0 Å². The lowest BCUT2D eigenvalue weighted by Gasteiger charge is -2.35. The molecule has 0 bridgehead atoms. The van der Waals surface area contributed by atoms with Gasteiger partial charge < -0.3 is 5.32 Å². The molecule has 1 fully saturated rings. The fourth-order valence-electron chi connectivity index (χ4n) is 3.67. The molecule has 1 N–H and O–H groups in total. The monoisotopic (exact) mass is 287 g/mol. The van der Waals surface area contributed by atoms with Crippen LogP contribution in [-0.2, 0) is 0 Å². The summed E-state index contributed by atoms with van der Waals surface area (Å²) in [6.07, 6.45) is 8.09. The van der Waals surface area contributed by atoms with Gasteiger partial charge in [-0.05, 0) is 36.2 Å². The average Bonchev–Trinajstić information content (AvgIpc) is 2.46. The molecule has 1 nitrogen and oxygen atoms in total. The molecule has 0 spiro atoms. The van der Waals surface area contributed by atoms with Crippen molar-refractivity contribution in [2.45, 2.75) is 78.3 Å². The van der Waals surface area contributed by atoms with E-state index in [2.05, 4.69) is 63.3 Å². The highest BCUT2D eigenvalue weighted by Gasteiger charge is 2.26. The van der Waals surface area contributed by atoms with Gasteiger partial charge in [-0.2, -0.15) is 0 Å². The molecular weight excluding hydrogens is 254 g/mol. The SMILES string of the molecule is CCC1CCCC(NC(CC(C)(C)C)c2ccccc2)C1. The first kappa shape index (κ1) is 16.5. The van der Waals surface area contributed by atoms with E-state index in [0.717, 1.165) is 5.92 Å². The van der Waals surface area contributed by atoms with E-state index in [1.54, 1.807) is 0 Å². The molecule has 118 valence electrons. The van der Waals surface area contributed by atoms with Crippen molar-refractivity contribution in [2.24, 2.45) is 11.3 Å². The highest BCUT2D eigenvalue weighted by molar-refractivity contribution is 5.19. The Bertz CT molecular complexity index is 404. The van der Waals surface area contributed by atoms with Gasteiger partial charge in [0, 0.05) is 12.1 Å². The third kappa shape index (κ3) is 5.47. The molecular formula is C20H33N. The molecule has 0 saturated heterocycles. The molecule has 1 aliphatic carbocycles. The van der Waals surface area contributed by atoms with E-state index in [9.17, 15) is 0 Å². The van der Waals surface area contributed by atoms with Crippen LogP contribution in [0.2, 0.25) is 0 Å². The summed E-state index contributed by atoms with van der Waals surface area (Å²) in [5.41, 5.74) is 1.80. The van der Waals surface area contributed by atoms with Crippen LogP contribution < -0.4 is 5.32 Å². The molecule has 0 aliphatic heterocycles. The summed E-state index contributed by atoms with van der Waals surface area (Å²) < 4.78 is 0. The van der Waals surface area contributed by atoms with Crippen LogP contribution in [0.15, 0.2) is 30.3 Å². The van der Waals surface area contributed by atoms with Gasteiger partial charge in [0.25, 0.3) is 0 Å². The van der Waals surface area contributed by atoms with E-state index in [4.69, 9.17) is 0 Å². The molecule has 1 aromatic rings. The first-order chi connectivity index (χ1) is 9.98. The van der Waals surface area contributed by atoms with Crippen LogP contribution in [0.4, 0.5) is 0 Å². The zero-order chi connectivity index (χ0) is 15.3. The van der Waals surface area contributed by atoms with Crippen LogP contribution in [0.3, 0.4) is 0 Å². The Labute approximate surface area is 131 Å². The fraction of sp³-hybridized carbons (Fsp3) is 0.700. The predicted octanol–water partition coefficient (Wildman–Crippen LogP) is 5.72. The van der Waals surface area contributed by atoms with E-state index in [-0.39, 0.29) is 0 Å². The van der Waals surface area contributed by atoms with Crippen LogP contribution in [0.1, 0.15) is 77.8 Å². The minimum absolute atomic E-state index is 0.354. The number of rotatable bonds is 5. The minimum atomic E-state index is 0.354.